The Morgan fingerprint density at radius 1 is 1.06 bits per heavy atom. The summed E-state index contributed by atoms with van der Waals surface area (Å²) >= 11 is 0. The van der Waals surface area contributed by atoms with Crippen LogP contribution >= 0.6 is 0 Å². The van der Waals surface area contributed by atoms with Crippen LogP contribution in [0.15, 0.2) is 24.3 Å². The quantitative estimate of drug-likeness (QED) is 0.471. The number of rotatable bonds is 9. The number of benzene rings is 1. The summed E-state index contributed by atoms with van der Waals surface area (Å²) in [6.45, 7) is 2.22. The van der Waals surface area contributed by atoms with Crippen molar-refractivity contribution in [2.45, 2.75) is 6.42 Å². The highest BCUT2D eigenvalue weighted by atomic mass is 16.5. The van der Waals surface area contributed by atoms with Crippen molar-refractivity contribution in [3.05, 3.63) is 24.3 Å². The maximum atomic E-state index is 9.14. The van der Waals surface area contributed by atoms with Gasteiger partial charge in [0.25, 0.3) is 0 Å². The number of hydrogen-bond donors (Lipinski definition) is 2. The highest BCUT2D eigenvalue weighted by Crippen LogP contribution is 2.07. The van der Waals surface area contributed by atoms with Crippen molar-refractivity contribution in [1.29, 1.82) is 0 Å². The molecule has 0 unspecified atom stereocenters. The lowest BCUT2D eigenvalue weighted by Gasteiger charge is -2.10. The van der Waals surface area contributed by atoms with E-state index in [4.69, 9.17) is 24.3 Å². The van der Waals surface area contributed by atoms with Gasteiger partial charge in [-0.25, -0.2) is 0 Å². The average molecular weight is 254 g/mol. The van der Waals surface area contributed by atoms with Gasteiger partial charge in [-0.3, -0.25) is 0 Å². The minimum Gasteiger partial charge on any atom is -0.494 e. The number of hydrogen-bond acceptors (Lipinski definition) is 5. The molecule has 18 heavy (non-hydrogen) atoms. The number of methoxy groups -OCH3 is 1. The molecular formula is C12H19BO5. The molecule has 0 aliphatic carbocycles. The van der Waals surface area contributed by atoms with Gasteiger partial charge < -0.3 is 24.3 Å². The van der Waals surface area contributed by atoms with Crippen LogP contribution in [-0.2, 0) is 9.47 Å². The number of para-hydroxylation sites is 1. The minimum atomic E-state index is -1.51. The fourth-order valence-corrected chi connectivity index (χ4v) is 1.41. The van der Waals surface area contributed by atoms with Crippen molar-refractivity contribution in [1.82, 2.24) is 0 Å². The molecule has 5 nitrogen and oxygen atoms in total. The Morgan fingerprint density at radius 2 is 1.83 bits per heavy atom. The molecule has 0 aliphatic heterocycles. The van der Waals surface area contributed by atoms with E-state index in [2.05, 4.69) is 0 Å². The van der Waals surface area contributed by atoms with Crippen molar-refractivity contribution in [2.75, 3.05) is 33.5 Å². The third-order valence-corrected chi connectivity index (χ3v) is 2.32. The molecule has 0 saturated carbocycles. The molecule has 1 rings (SSSR count). The lowest BCUT2D eigenvalue weighted by molar-refractivity contribution is 0.0645. The fraction of sp³-hybridized carbons (Fsp3) is 0.500. The molecular weight excluding hydrogens is 235 g/mol. The van der Waals surface area contributed by atoms with E-state index < -0.39 is 7.12 Å². The Hall–Kier alpha value is -1.08. The Bertz CT molecular complexity index is 332. The van der Waals surface area contributed by atoms with Gasteiger partial charge in [0.05, 0.1) is 19.8 Å². The van der Waals surface area contributed by atoms with Crippen LogP contribution < -0.4 is 10.2 Å². The molecule has 0 aromatic heterocycles. The van der Waals surface area contributed by atoms with Crippen LogP contribution in [0.3, 0.4) is 0 Å². The monoisotopic (exact) mass is 254 g/mol. The van der Waals surface area contributed by atoms with Crippen LogP contribution in [0.4, 0.5) is 0 Å². The Labute approximate surface area is 107 Å². The molecule has 6 heteroatoms. The van der Waals surface area contributed by atoms with Crippen LogP contribution in [-0.4, -0.2) is 50.7 Å². The van der Waals surface area contributed by atoms with Crippen molar-refractivity contribution in [3.63, 3.8) is 0 Å². The second kappa shape index (κ2) is 8.94. The van der Waals surface area contributed by atoms with E-state index in [0.29, 0.717) is 37.6 Å². The number of ether oxygens (including phenoxy) is 3. The summed E-state index contributed by atoms with van der Waals surface area (Å²) in [6, 6.07) is 6.85. The Balaban J connectivity index is 2.23. The maximum Gasteiger partial charge on any atom is 0.492 e. The molecule has 0 amide bonds. The van der Waals surface area contributed by atoms with Gasteiger partial charge in [-0.05, 0) is 6.07 Å². The summed E-state index contributed by atoms with van der Waals surface area (Å²) < 4.78 is 15.6. The highest BCUT2D eigenvalue weighted by Gasteiger charge is 2.15. The van der Waals surface area contributed by atoms with Crippen LogP contribution in [0.2, 0.25) is 0 Å². The van der Waals surface area contributed by atoms with Crippen molar-refractivity contribution in [3.8, 4) is 5.75 Å². The Kier molecular flexibility index (Phi) is 7.44. The first-order valence-electron chi connectivity index (χ1n) is 5.90. The smallest absolute Gasteiger partial charge is 0.492 e. The average Bonchev–Trinajstić information content (AvgIpc) is 2.38. The van der Waals surface area contributed by atoms with E-state index in [1.54, 1.807) is 31.4 Å². The largest absolute Gasteiger partial charge is 0.494 e. The van der Waals surface area contributed by atoms with Crippen LogP contribution in [0.1, 0.15) is 6.42 Å². The molecule has 0 spiro atoms. The predicted octanol–water partition coefficient (Wildman–Crippen LogP) is -0.202. The SMILES string of the molecule is COCCOCCCOc1ccccc1B(O)O. The van der Waals surface area contributed by atoms with E-state index in [0.717, 1.165) is 6.42 Å². The zero-order chi connectivity index (χ0) is 13.2. The summed E-state index contributed by atoms with van der Waals surface area (Å²) in [5, 5.41) is 18.3. The third-order valence-electron chi connectivity index (χ3n) is 2.32. The molecule has 0 heterocycles. The van der Waals surface area contributed by atoms with Gasteiger partial charge in [0, 0.05) is 25.6 Å². The lowest BCUT2D eigenvalue weighted by atomic mass is 9.79. The van der Waals surface area contributed by atoms with E-state index in [1.165, 1.54) is 0 Å². The van der Waals surface area contributed by atoms with Gasteiger partial charge in [0.1, 0.15) is 5.75 Å². The molecule has 0 aliphatic rings. The van der Waals surface area contributed by atoms with Gasteiger partial charge in [-0.2, -0.15) is 0 Å². The summed E-state index contributed by atoms with van der Waals surface area (Å²) in [5.74, 6) is 0.490. The van der Waals surface area contributed by atoms with Gasteiger partial charge in [0.2, 0.25) is 0 Å². The minimum absolute atomic E-state index is 0.373. The second-order valence-electron chi connectivity index (χ2n) is 3.72. The molecule has 2 N–H and O–H groups in total. The first-order chi connectivity index (χ1) is 8.75. The highest BCUT2D eigenvalue weighted by molar-refractivity contribution is 6.59. The summed E-state index contributed by atoms with van der Waals surface area (Å²) in [4.78, 5) is 0. The zero-order valence-corrected chi connectivity index (χ0v) is 10.5. The molecule has 100 valence electrons. The lowest BCUT2D eigenvalue weighted by Crippen LogP contribution is -2.31. The molecule has 0 atom stereocenters. The third kappa shape index (κ3) is 5.51. The van der Waals surface area contributed by atoms with Crippen molar-refractivity contribution in [2.24, 2.45) is 0 Å². The van der Waals surface area contributed by atoms with Crippen molar-refractivity contribution >= 4 is 12.6 Å². The summed E-state index contributed by atoms with van der Waals surface area (Å²) in [6.07, 6.45) is 0.736. The van der Waals surface area contributed by atoms with Gasteiger partial charge in [0.15, 0.2) is 0 Å². The summed E-state index contributed by atoms with van der Waals surface area (Å²) in [5.41, 5.74) is 0.373. The van der Waals surface area contributed by atoms with E-state index in [1.807, 2.05) is 0 Å². The van der Waals surface area contributed by atoms with Gasteiger partial charge >= 0.3 is 7.12 Å². The van der Waals surface area contributed by atoms with Crippen LogP contribution in [0, 0.1) is 0 Å². The first-order valence-corrected chi connectivity index (χ1v) is 5.90. The summed E-state index contributed by atoms with van der Waals surface area (Å²) in [7, 11) is 0.114. The predicted molar refractivity (Wildman–Crippen MR) is 69.1 cm³/mol. The van der Waals surface area contributed by atoms with Crippen molar-refractivity contribution < 1.29 is 24.3 Å². The molecule has 0 fully saturated rings. The maximum absolute atomic E-state index is 9.14. The van der Waals surface area contributed by atoms with Crippen LogP contribution in [0.25, 0.3) is 0 Å². The molecule has 0 radical (unpaired) electrons. The second-order valence-corrected chi connectivity index (χ2v) is 3.72. The fourth-order valence-electron chi connectivity index (χ4n) is 1.41. The van der Waals surface area contributed by atoms with Crippen LogP contribution in [0.5, 0.6) is 5.75 Å². The Morgan fingerprint density at radius 3 is 2.56 bits per heavy atom. The molecule has 1 aromatic carbocycles. The molecule has 1 aromatic rings. The zero-order valence-electron chi connectivity index (χ0n) is 10.5. The molecule has 0 saturated heterocycles. The van der Waals surface area contributed by atoms with Gasteiger partial charge in [-0.1, -0.05) is 18.2 Å². The van der Waals surface area contributed by atoms with E-state index >= 15 is 0 Å². The standard InChI is InChI=1S/C12H19BO5/c1-16-9-10-17-7-4-8-18-12-6-3-2-5-11(12)13(14)15/h2-3,5-6,14-15H,4,7-10H2,1H3. The van der Waals surface area contributed by atoms with E-state index in [9.17, 15) is 0 Å². The van der Waals surface area contributed by atoms with Gasteiger partial charge in [-0.15, -0.1) is 0 Å². The first kappa shape index (κ1) is 15.0. The normalized spacial score (nSPS) is 10.4. The van der Waals surface area contributed by atoms with E-state index in [-0.39, 0.29) is 0 Å². The molecule has 0 bridgehead atoms. The topological polar surface area (TPSA) is 68.2 Å².